The topological polar surface area (TPSA) is 53.5 Å². The van der Waals surface area contributed by atoms with Crippen LogP contribution < -0.4 is 0 Å². The van der Waals surface area contributed by atoms with Gasteiger partial charge in [-0.2, -0.15) is 10.4 Å². The zero-order valence-corrected chi connectivity index (χ0v) is 9.75. The van der Waals surface area contributed by atoms with Crippen molar-refractivity contribution >= 4 is 11.2 Å². The second-order valence-corrected chi connectivity index (χ2v) is 3.52. The number of hydrogen-bond acceptors (Lipinski definition) is 3. The Morgan fingerprint density at radius 3 is 3.06 bits per heavy atom. The van der Waals surface area contributed by atoms with Gasteiger partial charge in [-0.25, -0.2) is 4.52 Å². The highest BCUT2D eigenvalue weighted by Gasteiger charge is 2.08. The third kappa shape index (κ3) is 1.95. The van der Waals surface area contributed by atoms with E-state index in [1.165, 1.54) is 0 Å². The highest BCUT2D eigenvalue weighted by Crippen LogP contribution is 2.14. The summed E-state index contributed by atoms with van der Waals surface area (Å²) in [7, 11) is 1.74. The van der Waals surface area contributed by atoms with Crippen LogP contribution in [-0.4, -0.2) is 22.4 Å². The van der Waals surface area contributed by atoms with Crippen LogP contribution in [0.2, 0.25) is 0 Å². The molecule has 4 heteroatoms. The summed E-state index contributed by atoms with van der Waals surface area (Å²) in [5.41, 5.74) is 3.30. The molecule has 0 saturated heterocycles. The van der Waals surface area contributed by atoms with Gasteiger partial charge in [0.25, 0.3) is 0 Å². The zero-order valence-electron chi connectivity index (χ0n) is 9.75. The Balaban J connectivity index is 2.66. The fourth-order valence-electron chi connectivity index (χ4n) is 1.69. The van der Waals surface area contributed by atoms with Crippen LogP contribution in [0.4, 0.5) is 0 Å². The molecule has 4 nitrogen and oxygen atoms in total. The van der Waals surface area contributed by atoms with E-state index >= 15 is 0 Å². The van der Waals surface area contributed by atoms with E-state index in [1.54, 1.807) is 30.0 Å². The first kappa shape index (κ1) is 11.1. The zero-order chi connectivity index (χ0) is 12.3. The molecule has 0 radical (unpaired) electrons. The Bertz CT molecular complexity index is 641. The van der Waals surface area contributed by atoms with E-state index in [2.05, 4.69) is 16.2 Å². The van der Waals surface area contributed by atoms with Crippen molar-refractivity contribution < 1.29 is 0 Å². The highest BCUT2D eigenvalue weighted by atomic mass is 15.2. The molecule has 2 aromatic rings. The Kier molecular flexibility index (Phi) is 3.01. The summed E-state index contributed by atoms with van der Waals surface area (Å²) in [5.74, 6) is 0. The minimum Gasteiger partial charge on any atom is -0.288 e. The van der Waals surface area contributed by atoms with Gasteiger partial charge in [0.05, 0.1) is 29.1 Å². The fraction of sp³-hybridized carbons (Fsp3) is 0.154. The summed E-state index contributed by atoms with van der Waals surface area (Å²) < 4.78 is 1.74. The van der Waals surface area contributed by atoms with Gasteiger partial charge in [-0.15, -0.1) is 0 Å². The lowest BCUT2D eigenvalue weighted by Crippen LogP contribution is -1.96. The standard InChI is InChI=1S/C13H12N4/c1-3-4-12(15-2)11-9-16-17-6-5-10(8-14)7-13(11)17/h3-7,9H,1-2H3. The molecule has 0 amide bonds. The van der Waals surface area contributed by atoms with Crippen LogP contribution in [-0.2, 0) is 0 Å². The SMILES string of the molecule is CC=CC(=NC)c1cnn2ccc(C#N)cc12. The normalized spacial score (nSPS) is 12.2. The molecule has 0 aliphatic rings. The Hall–Kier alpha value is -2.41. The Morgan fingerprint density at radius 1 is 1.59 bits per heavy atom. The molecule has 0 aliphatic heterocycles. The number of rotatable bonds is 2. The van der Waals surface area contributed by atoms with Gasteiger partial charge in [0.2, 0.25) is 0 Å². The van der Waals surface area contributed by atoms with Gasteiger partial charge < -0.3 is 0 Å². The molecular formula is C13H12N4. The van der Waals surface area contributed by atoms with Crippen molar-refractivity contribution in [3.63, 3.8) is 0 Å². The van der Waals surface area contributed by atoms with Crippen molar-refractivity contribution in [3.05, 3.63) is 47.8 Å². The molecule has 84 valence electrons. The summed E-state index contributed by atoms with van der Waals surface area (Å²) in [4.78, 5) is 4.22. The van der Waals surface area contributed by atoms with Gasteiger partial charge in [-0.3, -0.25) is 4.99 Å². The average Bonchev–Trinajstić information content (AvgIpc) is 2.78. The van der Waals surface area contributed by atoms with Gasteiger partial charge >= 0.3 is 0 Å². The van der Waals surface area contributed by atoms with Gasteiger partial charge in [-0.1, -0.05) is 6.08 Å². The van der Waals surface area contributed by atoms with E-state index in [1.807, 2.05) is 25.1 Å². The van der Waals surface area contributed by atoms with Crippen molar-refractivity contribution in [2.24, 2.45) is 4.99 Å². The first-order valence-corrected chi connectivity index (χ1v) is 5.27. The molecule has 0 saturated carbocycles. The second-order valence-electron chi connectivity index (χ2n) is 3.52. The quantitative estimate of drug-likeness (QED) is 0.734. The molecule has 0 aromatic carbocycles. The molecule has 0 unspecified atom stereocenters. The summed E-state index contributed by atoms with van der Waals surface area (Å²) in [5, 5.41) is 13.1. The first-order valence-electron chi connectivity index (χ1n) is 5.27. The average molecular weight is 224 g/mol. The maximum Gasteiger partial charge on any atom is 0.0992 e. The van der Waals surface area contributed by atoms with Crippen LogP contribution in [0.3, 0.4) is 0 Å². The molecule has 0 fully saturated rings. The van der Waals surface area contributed by atoms with Crippen molar-refractivity contribution in [2.45, 2.75) is 6.92 Å². The first-order chi connectivity index (χ1) is 8.30. The fourth-order valence-corrected chi connectivity index (χ4v) is 1.69. The van der Waals surface area contributed by atoms with Crippen LogP contribution in [0.5, 0.6) is 0 Å². The number of aromatic nitrogens is 2. The molecule has 0 atom stereocenters. The number of aliphatic imine (C=N–C) groups is 1. The van der Waals surface area contributed by atoms with Gasteiger partial charge in [0, 0.05) is 18.8 Å². The van der Waals surface area contributed by atoms with E-state index in [9.17, 15) is 0 Å². The highest BCUT2D eigenvalue weighted by molar-refractivity contribution is 6.12. The monoisotopic (exact) mass is 224 g/mol. The number of nitriles is 1. The number of hydrogen-bond donors (Lipinski definition) is 0. The van der Waals surface area contributed by atoms with Crippen molar-refractivity contribution in [3.8, 4) is 6.07 Å². The molecule has 0 N–H and O–H groups in total. The van der Waals surface area contributed by atoms with Crippen LogP contribution in [0, 0.1) is 11.3 Å². The predicted molar refractivity (Wildman–Crippen MR) is 67.2 cm³/mol. The molecule has 2 rings (SSSR count). The third-order valence-corrected chi connectivity index (χ3v) is 2.49. The predicted octanol–water partition coefficient (Wildman–Crippen LogP) is 2.20. The minimum atomic E-state index is 0.621. The molecule has 17 heavy (non-hydrogen) atoms. The second kappa shape index (κ2) is 4.62. The molecule has 0 spiro atoms. The molecular weight excluding hydrogens is 212 g/mol. The molecule has 2 aromatic heterocycles. The van der Waals surface area contributed by atoms with E-state index in [0.29, 0.717) is 5.56 Å². The van der Waals surface area contributed by atoms with Crippen molar-refractivity contribution in [1.29, 1.82) is 5.26 Å². The maximum absolute atomic E-state index is 8.90. The summed E-state index contributed by atoms with van der Waals surface area (Å²) in [6.07, 6.45) is 7.40. The van der Waals surface area contributed by atoms with Crippen molar-refractivity contribution in [2.75, 3.05) is 7.05 Å². The van der Waals surface area contributed by atoms with E-state index < -0.39 is 0 Å². The summed E-state index contributed by atoms with van der Waals surface area (Å²) >= 11 is 0. The number of allylic oxidation sites excluding steroid dienone is 2. The van der Waals surface area contributed by atoms with E-state index in [-0.39, 0.29) is 0 Å². The van der Waals surface area contributed by atoms with Crippen LogP contribution in [0.25, 0.3) is 5.52 Å². The van der Waals surface area contributed by atoms with Crippen LogP contribution >= 0.6 is 0 Å². The largest absolute Gasteiger partial charge is 0.288 e. The summed E-state index contributed by atoms with van der Waals surface area (Å²) in [6, 6.07) is 5.68. The van der Waals surface area contributed by atoms with Gasteiger partial charge in [0.15, 0.2) is 0 Å². The Labute approximate surface area is 99.5 Å². The smallest absolute Gasteiger partial charge is 0.0992 e. The number of nitrogens with zero attached hydrogens (tertiary/aromatic N) is 4. The minimum absolute atomic E-state index is 0.621. The molecule has 0 aliphatic carbocycles. The van der Waals surface area contributed by atoms with Crippen molar-refractivity contribution in [1.82, 2.24) is 9.61 Å². The lowest BCUT2D eigenvalue weighted by Gasteiger charge is -1.99. The summed E-state index contributed by atoms with van der Waals surface area (Å²) in [6.45, 7) is 1.94. The van der Waals surface area contributed by atoms with Gasteiger partial charge in [-0.05, 0) is 25.1 Å². The molecule has 0 bridgehead atoms. The van der Waals surface area contributed by atoms with E-state index in [4.69, 9.17) is 5.26 Å². The lowest BCUT2D eigenvalue weighted by atomic mass is 10.1. The van der Waals surface area contributed by atoms with Crippen LogP contribution in [0.1, 0.15) is 18.1 Å². The molecule has 2 heterocycles. The van der Waals surface area contributed by atoms with Crippen LogP contribution in [0.15, 0.2) is 41.7 Å². The Morgan fingerprint density at radius 2 is 2.41 bits per heavy atom. The maximum atomic E-state index is 8.90. The number of pyridine rings is 1. The van der Waals surface area contributed by atoms with Gasteiger partial charge in [0.1, 0.15) is 0 Å². The van der Waals surface area contributed by atoms with E-state index in [0.717, 1.165) is 16.8 Å². The third-order valence-electron chi connectivity index (χ3n) is 2.49. The lowest BCUT2D eigenvalue weighted by molar-refractivity contribution is 0.960. The number of fused-ring (bicyclic) bond motifs is 1.